The second-order valence-electron chi connectivity index (χ2n) is 7.65. The molecule has 1 heterocycles. The molecule has 1 saturated heterocycles. The van der Waals surface area contributed by atoms with E-state index in [0.717, 1.165) is 18.4 Å². The third-order valence-electron chi connectivity index (χ3n) is 5.01. The van der Waals surface area contributed by atoms with Crippen molar-refractivity contribution in [2.24, 2.45) is 10.9 Å². The van der Waals surface area contributed by atoms with Crippen LogP contribution in [0.4, 0.5) is 0 Å². The molecule has 25 heavy (non-hydrogen) atoms. The van der Waals surface area contributed by atoms with E-state index in [4.69, 9.17) is 4.99 Å². The van der Waals surface area contributed by atoms with Gasteiger partial charge in [-0.1, -0.05) is 30.3 Å². The molecule has 0 aromatic heterocycles. The van der Waals surface area contributed by atoms with Crippen LogP contribution in [0.25, 0.3) is 0 Å². The Hall–Kier alpha value is -1.55. The van der Waals surface area contributed by atoms with E-state index in [9.17, 15) is 0 Å². The number of nitrogens with zero attached hydrogens (tertiary/aromatic N) is 4. The lowest BCUT2D eigenvalue weighted by Gasteiger charge is -2.32. The van der Waals surface area contributed by atoms with E-state index in [1.54, 1.807) is 0 Å². The van der Waals surface area contributed by atoms with Gasteiger partial charge in [0, 0.05) is 34.7 Å². The molecule has 0 atom stereocenters. The van der Waals surface area contributed by atoms with Crippen LogP contribution < -0.4 is 0 Å². The number of unbranched alkanes of at least 4 members (excludes halogenated alkanes) is 1. The van der Waals surface area contributed by atoms with Crippen molar-refractivity contribution in [1.29, 1.82) is 0 Å². The summed E-state index contributed by atoms with van der Waals surface area (Å²) >= 11 is 0. The summed E-state index contributed by atoms with van der Waals surface area (Å²) in [7, 11) is 8.22. The van der Waals surface area contributed by atoms with Crippen molar-refractivity contribution in [3.8, 4) is 0 Å². The Kier molecular flexibility index (Phi) is 8.26. The van der Waals surface area contributed by atoms with Gasteiger partial charge in [-0.15, -0.1) is 0 Å². The van der Waals surface area contributed by atoms with Crippen LogP contribution in [0.3, 0.4) is 0 Å². The second kappa shape index (κ2) is 10.4. The summed E-state index contributed by atoms with van der Waals surface area (Å²) in [6, 6.07) is 11.0. The quantitative estimate of drug-likeness (QED) is 0.431. The van der Waals surface area contributed by atoms with E-state index >= 15 is 0 Å². The van der Waals surface area contributed by atoms with Gasteiger partial charge in [-0.3, -0.25) is 4.99 Å². The molecule has 1 aromatic rings. The highest BCUT2D eigenvalue weighted by molar-refractivity contribution is 5.79. The fourth-order valence-electron chi connectivity index (χ4n) is 3.67. The largest absolute Gasteiger partial charge is 0.349 e. The van der Waals surface area contributed by atoms with Gasteiger partial charge in [-0.05, 0) is 63.2 Å². The maximum atomic E-state index is 4.71. The number of piperidine rings is 1. The zero-order valence-electron chi connectivity index (χ0n) is 16.6. The average Bonchev–Trinajstić information content (AvgIpc) is 2.59. The molecule has 140 valence electrons. The van der Waals surface area contributed by atoms with Gasteiger partial charge in [-0.2, -0.15) is 0 Å². The van der Waals surface area contributed by atoms with Crippen LogP contribution in [0.2, 0.25) is 0 Å². The molecule has 0 saturated carbocycles. The Labute approximate surface area is 154 Å². The van der Waals surface area contributed by atoms with Crippen LogP contribution in [0.1, 0.15) is 31.2 Å². The highest BCUT2D eigenvalue weighted by atomic mass is 15.3. The van der Waals surface area contributed by atoms with E-state index in [0.29, 0.717) is 0 Å². The highest BCUT2D eigenvalue weighted by Crippen LogP contribution is 2.21. The van der Waals surface area contributed by atoms with Crippen molar-refractivity contribution in [3.63, 3.8) is 0 Å². The van der Waals surface area contributed by atoms with Gasteiger partial charge in [0.05, 0.1) is 0 Å². The number of hydrogen-bond donors (Lipinski definition) is 0. The first kappa shape index (κ1) is 19.8. The van der Waals surface area contributed by atoms with Gasteiger partial charge in [0.1, 0.15) is 0 Å². The molecule has 0 aliphatic carbocycles. The molecular weight excluding hydrogens is 308 g/mol. The van der Waals surface area contributed by atoms with Crippen molar-refractivity contribution < 1.29 is 0 Å². The fourth-order valence-corrected chi connectivity index (χ4v) is 3.67. The number of aliphatic imine (C=N–C) groups is 1. The Morgan fingerprint density at radius 1 is 1.00 bits per heavy atom. The van der Waals surface area contributed by atoms with Crippen molar-refractivity contribution in [2.45, 2.75) is 32.1 Å². The van der Waals surface area contributed by atoms with Gasteiger partial charge in [-0.25, -0.2) is 0 Å². The predicted octanol–water partition coefficient (Wildman–Crippen LogP) is 3.20. The minimum absolute atomic E-state index is 0.867. The van der Waals surface area contributed by atoms with Crippen LogP contribution in [0.15, 0.2) is 35.3 Å². The van der Waals surface area contributed by atoms with Gasteiger partial charge in [0.25, 0.3) is 0 Å². The molecule has 0 spiro atoms. The number of benzene rings is 1. The van der Waals surface area contributed by atoms with Crippen LogP contribution in [-0.2, 0) is 6.42 Å². The summed E-state index contributed by atoms with van der Waals surface area (Å²) in [6.07, 6.45) is 6.37. The lowest BCUT2D eigenvalue weighted by molar-refractivity contribution is 0.181. The Morgan fingerprint density at radius 2 is 1.64 bits per heavy atom. The van der Waals surface area contributed by atoms with Crippen LogP contribution in [0, 0.1) is 5.92 Å². The van der Waals surface area contributed by atoms with Crippen molar-refractivity contribution >= 4 is 5.96 Å². The SMILES string of the molecule is CN(C)C(=NCCCCN1CCC(Cc2ccccc2)CC1)N(C)C. The zero-order valence-corrected chi connectivity index (χ0v) is 16.6. The Bertz CT molecular complexity index is 492. The van der Waals surface area contributed by atoms with Gasteiger partial charge >= 0.3 is 0 Å². The third-order valence-corrected chi connectivity index (χ3v) is 5.01. The fraction of sp³-hybridized carbons (Fsp3) is 0.667. The third kappa shape index (κ3) is 7.07. The normalized spacial score (nSPS) is 15.8. The standard InChI is InChI=1S/C21H36N4/c1-23(2)21(24(3)4)22-14-8-9-15-25-16-12-20(13-17-25)18-19-10-6-5-7-11-19/h5-7,10-11,20H,8-9,12-18H2,1-4H3. The topological polar surface area (TPSA) is 22.1 Å². The van der Waals surface area contributed by atoms with E-state index in [2.05, 4.69) is 73.2 Å². The smallest absolute Gasteiger partial charge is 0.195 e. The lowest BCUT2D eigenvalue weighted by atomic mass is 9.90. The molecule has 1 fully saturated rings. The first-order valence-electron chi connectivity index (χ1n) is 9.71. The first-order chi connectivity index (χ1) is 12.1. The molecule has 2 rings (SSSR count). The molecule has 0 unspecified atom stereocenters. The molecule has 4 heteroatoms. The summed E-state index contributed by atoms with van der Waals surface area (Å²) < 4.78 is 0. The lowest BCUT2D eigenvalue weighted by Crippen LogP contribution is -2.36. The first-order valence-corrected chi connectivity index (χ1v) is 9.71. The predicted molar refractivity (Wildman–Crippen MR) is 108 cm³/mol. The van der Waals surface area contributed by atoms with Gasteiger partial charge in [0.15, 0.2) is 5.96 Å². The van der Waals surface area contributed by atoms with E-state index < -0.39 is 0 Å². The molecule has 1 aromatic carbocycles. The molecule has 1 aliphatic heterocycles. The monoisotopic (exact) mass is 344 g/mol. The molecule has 0 radical (unpaired) electrons. The van der Waals surface area contributed by atoms with Crippen LogP contribution in [0.5, 0.6) is 0 Å². The van der Waals surface area contributed by atoms with Crippen LogP contribution in [-0.4, -0.2) is 75.0 Å². The van der Waals surface area contributed by atoms with E-state index in [1.165, 1.54) is 57.3 Å². The number of guanidine groups is 1. The number of likely N-dealkylation sites (tertiary alicyclic amines) is 1. The Balaban J connectivity index is 1.60. The summed E-state index contributed by atoms with van der Waals surface area (Å²) in [6.45, 7) is 4.69. The molecule has 0 bridgehead atoms. The average molecular weight is 345 g/mol. The van der Waals surface area contributed by atoms with Crippen molar-refractivity contribution in [3.05, 3.63) is 35.9 Å². The molecule has 4 nitrogen and oxygen atoms in total. The molecule has 0 N–H and O–H groups in total. The van der Waals surface area contributed by atoms with Gasteiger partial charge in [0.2, 0.25) is 0 Å². The molecule has 1 aliphatic rings. The van der Waals surface area contributed by atoms with Crippen LogP contribution >= 0.6 is 0 Å². The van der Waals surface area contributed by atoms with E-state index in [1.807, 2.05) is 0 Å². The molecular formula is C21H36N4. The Morgan fingerprint density at radius 3 is 2.24 bits per heavy atom. The van der Waals surface area contributed by atoms with E-state index in [-0.39, 0.29) is 0 Å². The second-order valence-corrected chi connectivity index (χ2v) is 7.65. The summed E-state index contributed by atoms with van der Waals surface area (Å²) in [5.41, 5.74) is 1.50. The van der Waals surface area contributed by atoms with Crippen molar-refractivity contribution in [1.82, 2.24) is 14.7 Å². The minimum atomic E-state index is 0.867. The maximum Gasteiger partial charge on any atom is 0.195 e. The number of rotatable bonds is 7. The number of hydrogen-bond acceptors (Lipinski definition) is 2. The summed E-state index contributed by atoms with van der Waals surface area (Å²) in [4.78, 5) is 11.5. The summed E-state index contributed by atoms with van der Waals surface area (Å²) in [5.74, 6) is 1.92. The maximum absolute atomic E-state index is 4.71. The minimum Gasteiger partial charge on any atom is -0.349 e. The van der Waals surface area contributed by atoms with Crippen molar-refractivity contribution in [2.75, 3.05) is 54.4 Å². The molecule has 0 amide bonds. The highest BCUT2D eigenvalue weighted by Gasteiger charge is 2.18. The summed E-state index contributed by atoms with van der Waals surface area (Å²) in [5, 5.41) is 0. The van der Waals surface area contributed by atoms with Gasteiger partial charge < -0.3 is 14.7 Å². The zero-order chi connectivity index (χ0) is 18.1.